The number of aromatic nitrogens is 2. The minimum atomic E-state index is -3.83. The molecule has 0 unspecified atom stereocenters. The van der Waals surface area contributed by atoms with Gasteiger partial charge in [-0.25, -0.2) is 8.42 Å². The molecule has 0 saturated carbocycles. The van der Waals surface area contributed by atoms with Crippen LogP contribution in [0.2, 0.25) is 0 Å². The first-order valence-electron chi connectivity index (χ1n) is 9.13. The van der Waals surface area contributed by atoms with Crippen LogP contribution in [0.5, 0.6) is 11.5 Å². The van der Waals surface area contributed by atoms with Crippen LogP contribution in [-0.2, 0) is 10.0 Å². The number of thiophene rings is 1. The summed E-state index contributed by atoms with van der Waals surface area (Å²) < 4.78 is 43.7. The van der Waals surface area contributed by atoms with Crippen molar-refractivity contribution < 1.29 is 22.4 Å². The van der Waals surface area contributed by atoms with Gasteiger partial charge in [0.1, 0.15) is 21.3 Å². The lowest BCUT2D eigenvalue weighted by atomic mass is 10.2. The second-order valence-corrected chi connectivity index (χ2v) is 9.27. The normalized spacial score (nSPS) is 11.3. The third-order valence-electron chi connectivity index (χ3n) is 4.66. The average Bonchev–Trinajstić information content (AvgIpc) is 3.48. The number of anilines is 1. The van der Waals surface area contributed by atoms with Crippen molar-refractivity contribution in [3.05, 3.63) is 60.0 Å². The molecule has 0 aliphatic carbocycles. The Labute approximate surface area is 183 Å². The smallest absolute Gasteiger partial charge is 0.269 e. The molecule has 0 amide bonds. The molecule has 0 saturated heterocycles. The maximum Gasteiger partial charge on any atom is 0.269 e. The molecular formula is C21H19N3O5S2. The lowest BCUT2D eigenvalue weighted by molar-refractivity contribution is 0.394. The van der Waals surface area contributed by atoms with Crippen molar-refractivity contribution >= 4 is 27.0 Å². The van der Waals surface area contributed by atoms with E-state index >= 15 is 0 Å². The highest BCUT2D eigenvalue weighted by molar-refractivity contribution is 7.93. The molecule has 0 aliphatic rings. The van der Waals surface area contributed by atoms with Gasteiger partial charge in [0, 0.05) is 13.1 Å². The predicted molar refractivity (Wildman–Crippen MR) is 118 cm³/mol. The Hall–Kier alpha value is -3.37. The molecule has 8 nitrogen and oxygen atoms in total. The largest absolute Gasteiger partial charge is 0.497 e. The number of ether oxygens (including phenoxy) is 2. The molecule has 0 radical (unpaired) electrons. The van der Waals surface area contributed by atoms with Gasteiger partial charge >= 0.3 is 0 Å². The van der Waals surface area contributed by atoms with Crippen molar-refractivity contribution in [1.82, 2.24) is 10.1 Å². The van der Waals surface area contributed by atoms with Crippen molar-refractivity contribution in [3.63, 3.8) is 0 Å². The number of rotatable bonds is 7. The molecule has 10 heteroatoms. The van der Waals surface area contributed by atoms with Gasteiger partial charge in [0.2, 0.25) is 5.82 Å². The molecule has 4 rings (SSSR count). The van der Waals surface area contributed by atoms with Gasteiger partial charge in [-0.15, -0.1) is 11.3 Å². The second-order valence-electron chi connectivity index (χ2n) is 6.41. The molecule has 0 aliphatic heterocycles. The number of sulfonamides is 1. The van der Waals surface area contributed by atoms with Crippen molar-refractivity contribution in [2.75, 3.05) is 25.6 Å². The fourth-order valence-electron chi connectivity index (χ4n) is 2.99. The first-order valence-corrected chi connectivity index (χ1v) is 11.5. The van der Waals surface area contributed by atoms with E-state index in [1.54, 1.807) is 55.0 Å². The van der Waals surface area contributed by atoms with E-state index in [9.17, 15) is 8.42 Å². The van der Waals surface area contributed by atoms with Crippen molar-refractivity contribution in [2.24, 2.45) is 0 Å². The summed E-state index contributed by atoms with van der Waals surface area (Å²) in [5.74, 6) is 1.53. The minimum Gasteiger partial charge on any atom is -0.497 e. The predicted octanol–water partition coefficient (Wildman–Crippen LogP) is 4.31. The molecule has 0 spiro atoms. The molecular weight excluding hydrogens is 438 g/mol. The van der Waals surface area contributed by atoms with Crippen LogP contribution in [0, 0.1) is 0 Å². The maximum absolute atomic E-state index is 13.2. The highest BCUT2D eigenvalue weighted by Gasteiger charge is 2.29. The zero-order chi connectivity index (χ0) is 22.0. The van der Waals surface area contributed by atoms with Gasteiger partial charge < -0.3 is 14.0 Å². The molecule has 160 valence electrons. The van der Waals surface area contributed by atoms with Gasteiger partial charge in [0.05, 0.1) is 25.5 Å². The third kappa shape index (κ3) is 3.87. The number of methoxy groups -OCH3 is 2. The van der Waals surface area contributed by atoms with Crippen LogP contribution in [0.4, 0.5) is 5.69 Å². The number of para-hydroxylation sites is 1. The summed E-state index contributed by atoms with van der Waals surface area (Å²) in [6, 6.07) is 15.6. The third-order valence-corrected chi connectivity index (χ3v) is 7.52. The molecule has 31 heavy (non-hydrogen) atoms. The van der Waals surface area contributed by atoms with Crippen LogP contribution in [0.3, 0.4) is 0 Å². The summed E-state index contributed by atoms with van der Waals surface area (Å²) in [6.07, 6.45) is 0. The van der Waals surface area contributed by atoms with Gasteiger partial charge in [-0.05, 0) is 35.7 Å². The van der Waals surface area contributed by atoms with Crippen LogP contribution < -0.4 is 13.8 Å². The Bertz CT molecular complexity index is 1300. The SMILES string of the molecule is COc1ccc(-c2noc(-c3sccc3S(=O)(=O)N(C)c3ccccc3)n2)c(OC)c1. The van der Waals surface area contributed by atoms with Crippen molar-refractivity contribution in [1.29, 1.82) is 0 Å². The van der Waals surface area contributed by atoms with E-state index < -0.39 is 10.0 Å². The highest BCUT2D eigenvalue weighted by atomic mass is 32.2. The summed E-state index contributed by atoms with van der Waals surface area (Å²) in [5, 5.41) is 5.70. The number of nitrogens with zero attached hydrogens (tertiary/aromatic N) is 3. The van der Waals surface area contributed by atoms with E-state index in [1.807, 2.05) is 6.07 Å². The van der Waals surface area contributed by atoms with Gasteiger partial charge in [0.15, 0.2) is 0 Å². The minimum absolute atomic E-state index is 0.0979. The van der Waals surface area contributed by atoms with Crippen LogP contribution in [0.25, 0.3) is 22.2 Å². The number of hydrogen-bond donors (Lipinski definition) is 0. The molecule has 0 atom stereocenters. The van der Waals surface area contributed by atoms with Crippen LogP contribution in [-0.4, -0.2) is 39.8 Å². The monoisotopic (exact) mass is 457 g/mol. The van der Waals surface area contributed by atoms with E-state index in [0.717, 1.165) is 0 Å². The van der Waals surface area contributed by atoms with Gasteiger partial charge in [-0.1, -0.05) is 23.4 Å². The zero-order valence-corrected chi connectivity index (χ0v) is 18.6. The molecule has 2 heterocycles. The van der Waals surface area contributed by atoms with E-state index in [0.29, 0.717) is 27.6 Å². The average molecular weight is 458 g/mol. The molecule has 4 aromatic rings. The summed E-state index contributed by atoms with van der Waals surface area (Å²) in [4.78, 5) is 4.89. The Morgan fingerprint density at radius 3 is 2.52 bits per heavy atom. The molecule has 0 fully saturated rings. The number of benzene rings is 2. The molecule has 2 aromatic carbocycles. The second kappa shape index (κ2) is 8.40. The Morgan fingerprint density at radius 2 is 1.81 bits per heavy atom. The maximum atomic E-state index is 13.2. The Kier molecular flexibility index (Phi) is 5.66. The van der Waals surface area contributed by atoms with Crippen molar-refractivity contribution in [3.8, 4) is 33.7 Å². The van der Waals surface area contributed by atoms with Crippen LogP contribution in [0.15, 0.2) is 69.4 Å². The van der Waals surface area contributed by atoms with Crippen LogP contribution in [0.1, 0.15) is 0 Å². The lowest BCUT2D eigenvalue weighted by Gasteiger charge is -2.19. The lowest BCUT2D eigenvalue weighted by Crippen LogP contribution is -2.26. The van der Waals surface area contributed by atoms with Gasteiger partial charge in [-0.3, -0.25) is 4.31 Å². The fourth-order valence-corrected chi connectivity index (χ4v) is 5.50. The van der Waals surface area contributed by atoms with Crippen molar-refractivity contribution in [2.45, 2.75) is 4.90 Å². The number of hydrogen-bond acceptors (Lipinski definition) is 8. The Morgan fingerprint density at radius 1 is 1.03 bits per heavy atom. The highest BCUT2D eigenvalue weighted by Crippen LogP contribution is 2.37. The summed E-state index contributed by atoms with van der Waals surface area (Å²) in [7, 11) is 0.770. The molecule has 0 N–H and O–H groups in total. The molecule has 0 bridgehead atoms. The fraction of sp³-hybridized carbons (Fsp3) is 0.143. The zero-order valence-electron chi connectivity index (χ0n) is 17.0. The summed E-state index contributed by atoms with van der Waals surface area (Å²) >= 11 is 1.21. The Balaban J connectivity index is 1.72. The van der Waals surface area contributed by atoms with E-state index in [-0.39, 0.29) is 16.6 Å². The van der Waals surface area contributed by atoms with E-state index in [1.165, 1.54) is 35.9 Å². The van der Waals surface area contributed by atoms with E-state index in [4.69, 9.17) is 14.0 Å². The molecule has 2 aromatic heterocycles. The first kappa shape index (κ1) is 20.9. The quantitative estimate of drug-likeness (QED) is 0.408. The van der Waals surface area contributed by atoms with Gasteiger partial charge in [0.25, 0.3) is 15.9 Å². The van der Waals surface area contributed by atoms with Crippen LogP contribution >= 0.6 is 11.3 Å². The summed E-state index contributed by atoms with van der Waals surface area (Å²) in [5.41, 5.74) is 1.15. The topological polar surface area (TPSA) is 94.8 Å². The van der Waals surface area contributed by atoms with E-state index in [2.05, 4.69) is 10.1 Å². The van der Waals surface area contributed by atoms with Gasteiger partial charge in [-0.2, -0.15) is 4.98 Å². The first-order chi connectivity index (χ1) is 15.0. The standard InChI is InChI=1S/C21H19N3O5S2/c1-24(14-7-5-4-6-8-14)31(25,26)18-11-12-30-19(18)21-22-20(23-29-21)16-10-9-15(27-2)13-17(16)28-3/h4-13H,1-3H3. The summed E-state index contributed by atoms with van der Waals surface area (Å²) in [6.45, 7) is 0.